The molecule has 2 N–H and O–H groups in total. The second-order valence-corrected chi connectivity index (χ2v) is 5.18. The van der Waals surface area contributed by atoms with E-state index in [4.69, 9.17) is 11.6 Å². The maximum Gasteiger partial charge on any atom is 0.191 e. The average Bonchev–Trinajstić information content (AvgIpc) is 2.40. The Labute approximate surface area is 142 Å². The largest absolute Gasteiger partial charge is 0.356 e. The first-order valence-corrected chi connectivity index (χ1v) is 7.72. The molecule has 0 aromatic heterocycles. The Bertz CT molecular complexity index is 388. The maximum atomic E-state index is 6.09. The normalized spacial score (nSPS) is 10.8. The van der Waals surface area contributed by atoms with Crippen LogP contribution in [-0.4, -0.2) is 31.6 Å². The molecular formula is C13H21ClIN3S. The zero-order valence-corrected chi connectivity index (χ0v) is 15.2. The van der Waals surface area contributed by atoms with Crippen molar-refractivity contribution in [3.8, 4) is 0 Å². The summed E-state index contributed by atoms with van der Waals surface area (Å²) in [5.41, 5.74) is 1.08. The number of halogens is 2. The number of hydrogen-bond acceptors (Lipinski definition) is 2. The topological polar surface area (TPSA) is 36.4 Å². The van der Waals surface area contributed by atoms with E-state index in [0.29, 0.717) is 6.54 Å². The first-order valence-electron chi connectivity index (χ1n) is 5.94. The van der Waals surface area contributed by atoms with Crippen LogP contribution in [0.4, 0.5) is 0 Å². The summed E-state index contributed by atoms with van der Waals surface area (Å²) in [7, 11) is 1.77. The molecule has 0 atom stereocenters. The SMILES string of the molecule is CN=C(NCCCSC)NCc1ccccc1Cl.I. The number of guanidine groups is 1. The minimum atomic E-state index is 0. The highest BCUT2D eigenvalue weighted by atomic mass is 127. The highest BCUT2D eigenvalue weighted by molar-refractivity contribution is 14.0. The van der Waals surface area contributed by atoms with E-state index in [0.717, 1.165) is 35.3 Å². The van der Waals surface area contributed by atoms with E-state index in [-0.39, 0.29) is 24.0 Å². The van der Waals surface area contributed by atoms with E-state index in [1.807, 2.05) is 36.0 Å². The Morgan fingerprint density at radius 3 is 2.68 bits per heavy atom. The summed E-state index contributed by atoms with van der Waals surface area (Å²) in [5, 5.41) is 7.31. The standard InChI is InChI=1S/C13H20ClN3S.HI/c1-15-13(16-8-5-9-18-2)17-10-11-6-3-4-7-12(11)14;/h3-4,6-7H,5,8-10H2,1-2H3,(H2,15,16,17);1H. The summed E-state index contributed by atoms with van der Waals surface area (Å²) in [4.78, 5) is 4.17. The molecule has 6 heteroatoms. The molecule has 0 fully saturated rings. The molecule has 0 heterocycles. The first-order chi connectivity index (χ1) is 8.77. The number of benzene rings is 1. The fraction of sp³-hybridized carbons (Fsp3) is 0.462. The summed E-state index contributed by atoms with van der Waals surface area (Å²) in [6.07, 6.45) is 3.25. The predicted octanol–water partition coefficient (Wildman–Crippen LogP) is 3.38. The van der Waals surface area contributed by atoms with E-state index < -0.39 is 0 Å². The van der Waals surface area contributed by atoms with Crippen molar-refractivity contribution in [1.82, 2.24) is 10.6 Å². The number of nitrogens with zero attached hydrogens (tertiary/aromatic N) is 1. The molecule has 1 aromatic rings. The number of aliphatic imine (C=N–C) groups is 1. The smallest absolute Gasteiger partial charge is 0.191 e. The number of hydrogen-bond donors (Lipinski definition) is 2. The van der Waals surface area contributed by atoms with Gasteiger partial charge < -0.3 is 10.6 Å². The van der Waals surface area contributed by atoms with E-state index in [1.165, 1.54) is 0 Å². The van der Waals surface area contributed by atoms with Gasteiger partial charge in [-0.25, -0.2) is 0 Å². The minimum absolute atomic E-state index is 0. The van der Waals surface area contributed by atoms with Crippen LogP contribution in [0.3, 0.4) is 0 Å². The average molecular weight is 414 g/mol. The monoisotopic (exact) mass is 413 g/mol. The quantitative estimate of drug-likeness (QED) is 0.325. The van der Waals surface area contributed by atoms with Crippen LogP contribution in [0.5, 0.6) is 0 Å². The van der Waals surface area contributed by atoms with Crippen LogP contribution in [0, 0.1) is 0 Å². The molecule has 0 unspecified atom stereocenters. The van der Waals surface area contributed by atoms with Crippen molar-refractivity contribution in [2.24, 2.45) is 4.99 Å². The predicted molar refractivity (Wildman–Crippen MR) is 98.1 cm³/mol. The molecule has 0 bridgehead atoms. The Balaban J connectivity index is 0.00000324. The Morgan fingerprint density at radius 1 is 1.32 bits per heavy atom. The molecule has 1 aromatic carbocycles. The summed E-state index contributed by atoms with van der Waals surface area (Å²) < 4.78 is 0. The van der Waals surface area contributed by atoms with Gasteiger partial charge in [0.05, 0.1) is 0 Å². The van der Waals surface area contributed by atoms with E-state index in [9.17, 15) is 0 Å². The van der Waals surface area contributed by atoms with Crippen LogP contribution in [0.15, 0.2) is 29.3 Å². The molecule has 0 saturated heterocycles. The van der Waals surface area contributed by atoms with Crippen molar-refractivity contribution in [1.29, 1.82) is 0 Å². The van der Waals surface area contributed by atoms with Crippen LogP contribution in [0.25, 0.3) is 0 Å². The zero-order valence-electron chi connectivity index (χ0n) is 11.3. The van der Waals surface area contributed by atoms with Gasteiger partial charge in [-0.05, 0) is 30.1 Å². The fourth-order valence-corrected chi connectivity index (χ4v) is 2.10. The third-order valence-electron chi connectivity index (χ3n) is 2.45. The molecule has 0 aliphatic rings. The third kappa shape index (κ3) is 7.89. The highest BCUT2D eigenvalue weighted by Crippen LogP contribution is 2.14. The van der Waals surface area contributed by atoms with Crippen LogP contribution >= 0.6 is 47.3 Å². The van der Waals surface area contributed by atoms with Crippen molar-refractivity contribution >= 4 is 53.3 Å². The van der Waals surface area contributed by atoms with E-state index in [2.05, 4.69) is 21.9 Å². The molecule has 1 rings (SSSR count). The van der Waals surface area contributed by atoms with Gasteiger partial charge in [-0.3, -0.25) is 4.99 Å². The molecular weight excluding hydrogens is 393 g/mol. The van der Waals surface area contributed by atoms with Gasteiger partial charge in [0.1, 0.15) is 0 Å². The molecule has 0 amide bonds. The van der Waals surface area contributed by atoms with Gasteiger partial charge in [0.25, 0.3) is 0 Å². The number of thioether (sulfide) groups is 1. The summed E-state index contributed by atoms with van der Waals surface area (Å²) in [6, 6.07) is 7.82. The molecule has 3 nitrogen and oxygen atoms in total. The van der Waals surface area contributed by atoms with Gasteiger partial charge in [-0.1, -0.05) is 29.8 Å². The van der Waals surface area contributed by atoms with Crippen molar-refractivity contribution in [3.63, 3.8) is 0 Å². The van der Waals surface area contributed by atoms with Crippen LogP contribution < -0.4 is 10.6 Å². The molecule has 0 aliphatic heterocycles. The molecule has 0 saturated carbocycles. The summed E-state index contributed by atoms with van der Waals surface area (Å²) in [5.74, 6) is 1.98. The Hall–Kier alpha value is -0.140. The lowest BCUT2D eigenvalue weighted by atomic mass is 10.2. The van der Waals surface area contributed by atoms with Gasteiger partial charge in [-0.2, -0.15) is 11.8 Å². The molecule has 0 spiro atoms. The van der Waals surface area contributed by atoms with Crippen LogP contribution in [0.2, 0.25) is 5.02 Å². The van der Waals surface area contributed by atoms with Crippen molar-refractivity contribution < 1.29 is 0 Å². The summed E-state index contributed by atoms with van der Waals surface area (Å²) >= 11 is 7.95. The van der Waals surface area contributed by atoms with Gasteiger partial charge in [0.15, 0.2) is 5.96 Å². The lowest BCUT2D eigenvalue weighted by Gasteiger charge is -2.12. The molecule has 108 valence electrons. The van der Waals surface area contributed by atoms with Crippen LogP contribution in [-0.2, 0) is 6.54 Å². The van der Waals surface area contributed by atoms with Crippen LogP contribution in [0.1, 0.15) is 12.0 Å². The second-order valence-electron chi connectivity index (χ2n) is 3.79. The van der Waals surface area contributed by atoms with Gasteiger partial charge in [0, 0.05) is 25.2 Å². The molecule has 0 aliphatic carbocycles. The lowest BCUT2D eigenvalue weighted by Crippen LogP contribution is -2.37. The third-order valence-corrected chi connectivity index (χ3v) is 3.51. The highest BCUT2D eigenvalue weighted by Gasteiger charge is 2.00. The molecule has 0 radical (unpaired) electrons. The van der Waals surface area contributed by atoms with Gasteiger partial charge >= 0.3 is 0 Å². The Kier molecular flexibility index (Phi) is 11.6. The fourth-order valence-electron chi connectivity index (χ4n) is 1.46. The van der Waals surface area contributed by atoms with Crippen molar-refractivity contribution in [2.75, 3.05) is 25.6 Å². The number of nitrogens with one attached hydrogen (secondary N) is 2. The van der Waals surface area contributed by atoms with Crippen molar-refractivity contribution in [2.45, 2.75) is 13.0 Å². The second kappa shape index (κ2) is 11.7. The van der Waals surface area contributed by atoms with Gasteiger partial charge in [-0.15, -0.1) is 24.0 Å². The van der Waals surface area contributed by atoms with Crippen molar-refractivity contribution in [3.05, 3.63) is 34.9 Å². The Morgan fingerprint density at radius 2 is 2.05 bits per heavy atom. The number of rotatable bonds is 6. The van der Waals surface area contributed by atoms with E-state index >= 15 is 0 Å². The maximum absolute atomic E-state index is 6.09. The van der Waals surface area contributed by atoms with Gasteiger partial charge in [0.2, 0.25) is 0 Å². The minimum Gasteiger partial charge on any atom is -0.356 e. The first kappa shape index (κ1) is 18.9. The molecule has 19 heavy (non-hydrogen) atoms. The van der Waals surface area contributed by atoms with E-state index in [1.54, 1.807) is 7.05 Å². The lowest BCUT2D eigenvalue weighted by molar-refractivity contribution is 0.786. The zero-order chi connectivity index (χ0) is 13.2. The summed E-state index contributed by atoms with van der Waals surface area (Å²) in [6.45, 7) is 1.62.